The Hall–Kier alpha value is -1.43. The standard InChI is InChI=1S/C7H5NO4S/c9-4-2-1-3-5-6(4)7(10)8-13(5,11)12/h1,3H,2H2,(H,8,10). The summed E-state index contributed by atoms with van der Waals surface area (Å²) >= 11 is 0. The number of Topliss-reactive ketones (excluding diaryl/α,β-unsaturated/α-hetero) is 1. The number of ketones is 1. The molecular weight excluding hydrogens is 194 g/mol. The van der Waals surface area contributed by atoms with Gasteiger partial charge in [0.05, 0.1) is 0 Å². The van der Waals surface area contributed by atoms with E-state index in [4.69, 9.17) is 0 Å². The molecule has 0 fully saturated rings. The van der Waals surface area contributed by atoms with Crippen LogP contribution in [-0.2, 0) is 19.6 Å². The highest BCUT2D eigenvalue weighted by Gasteiger charge is 2.38. The molecule has 0 radical (unpaired) electrons. The highest BCUT2D eigenvalue weighted by molar-refractivity contribution is 7.94. The lowest BCUT2D eigenvalue weighted by Gasteiger charge is -2.01. The first-order valence-corrected chi connectivity index (χ1v) is 5.02. The zero-order valence-electron chi connectivity index (χ0n) is 6.40. The van der Waals surface area contributed by atoms with Crippen LogP contribution < -0.4 is 4.72 Å². The number of sulfonamides is 1. The van der Waals surface area contributed by atoms with Gasteiger partial charge in [0, 0.05) is 6.42 Å². The second-order valence-electron chi connectivity index (χ2n) is 2.70. The van der Waals surface area contributed by atoms with Crippen LogP contribution >= 0.6 is 0 Å². The van der Waals surface area contributed by atoms with Gasteiger partial charge < -0.3 is 0 Å². The molecule has 0 saturated carbocycles. The Kier molecular flexibility index (Phi) is 1.44. The molecule has 2 rings (SSSR count). The van der Waals surface area contributed by atoms with Gasteiger partial charge in [-0.15, -0.1) is 0 Å². The Balaban J connectivity index is 2.72. The third kappa shape index (κ3) is 1.02. The second kappa shape index (κ2) is 2.29. The summed E-state index contributed by atoms with van der Waals surface area (Å²) in [5, 5.41) is 0. The van der Waals surface area contributed by atoms with Crippen LogP contribution in [0.15, 0.2) is 22.6 Å². The van der Waals surface area contributed by atoms with E-state index in [2.05, 4.69) is 0 Å². The number of carbonyl (C=O) groups excluding carboxylic acids is 2. The number of hydrogen-bond donors (Lipinski definition) is 1. The van der Waals surface area contributed by atoms with E-state index in [9.17, 15) is 18.0 Å². The van der Waals surface area contributed by atoms with Crippen molar-refractivity contribution in [2.45, 2.75) is 6.42 Å². The molecule has 13 heavy (non-hydrogen) atoms. The summed E-state index contributed by atoms with van der Waals surface area (Å²) in [5.74, 6) is -1.26. The molecule has 0 atom stereocenters. The summed E-state index contributed by atoms with van der Waals surface area (Å²) in [4.78, 5) is 22.0. The normalized spacial score (nSPS) is 24.6. The van der Waals surface area contributed by atoms with E-state index in [0.717, 1.165) is 0 Å². The number of carbonyl (C=O) groups is 2. The Morgan fingerprint density at radius 1 is 1.31 bits per heavy atom. The van der Waals surface area contributed by atoms with E-state index in [0.29, 0.717) is 0 Å². The average molecular weight is 199 g/mol. The summed E-state index contributed by atoms with van der Waals surface area (Å²) in [5.41, 5.74) is -0.234. The van der Waals surface area contributed by atoms with Gasteiger partial charge in [0.1, 0.15) is 10.5 Å². The van der Waals surface area contributed by atoms with Crippen molar-refractivity contribution in [3.05, 3.63) is 22.6 Å². The van der Waals surface area contributed by atoms with E-state index in [1.807, 2.05) is 0 Å². The van der Waals surface area contributed by atoms with Gasteiger partial charge in [-0.2, -0.15) is 0 Å². The first-order chi connectivity index (χ1) is 6.02. The topological polar surface area (TPSA) is 80.3 Å². The van der Waals surface area contributed by atoms with Crippen molar-refractivity contribution in [3.63, 3.8) is 0 Å². The third-order valence-electron chi connectivity index (χ3n) is 1.84. The van der Waals surface area contributed by atoms with Gasteiger partial charge in [-0.3, -0.25) is 9.59 Å². The fourth-order valence-corrected chi connectivity index (χ4v) is 2.49. The Labute approximate surface area is 74.2 Å². The molecule has 0 bridgehead atoms. The zero-order valence-corrected chi connectivity index (χ0v) is 7.22. The van der Waals surface area contributed by atoms with E-state index in [1.165, 1.54) is 12.2 Å². The van der Waals surface area contributed by atoms with E-state index < -0.39 is 21.7 Å². The lowest BCUT2D eigenvalue weighted by molar-refractivity contribution is -0.121. The third-order valence-corrected chi connectivity index (χ3v) is 3.21. The molecule has 1 amide bonds. The summed E-state index contributed by atoms with van der Waals surface area (Å²) in [7, 11) is -3.76. The minimum atomic E-state index is -3.76. The molecule has 0 unspecified atom stereocenters. The van der Waals surface area contributed by atoms with Crippen LogP contribution in [0.2, 0.25) is 0 Å². The molecule has 1 heterocycles. The Bertz CT molecular complexity index is 469. The number of allylic oxidation sites excluding steroid dienone is 2. The molecule has 0 aromatic carbocycles. The van der Waals surface area contributed by atoms with Gasteiger partial charge in [0.2, 0.25) is 0 Å². The molecule has 0 aromatic heterocycles. The van der Waals surface area contributed by atoms with Crippen LogP contribution in [0.4, 0.5) is 0 Å². The van der Waals surface area contributed by atoms with Crippen molar-refractivity contribution in [3.8, 4) is 0 Å². The molecule has 5 nitrogen and oxygen atoms in total. The van der Waals surface area contributed by atoms with Crippen LogP contribution in [-0.4, -0.2) is 20.1 Å². The highest BCUT2D eigenvalue weighted by atomic mass is 32.2. The maximum Gasteiger partial charge on any atom is 0.270 e. The predicted molar refractivity (Wildman–Crippen MR) is 42.9 cm³/mol. The van der Waals surface area contributed by atoms with E-state index >= 15 is 0 Å². The number of hydrogen-bond acceptors (Lipinski definition) is 4. The highest BCUT2D eigenvalue weighted by Crippen LogP contribution is 2.25. The monoisotopic (exact) mass is 199 g/mol. The van der Waals surface area contributed by atoms with Gasteiger partial charge in [-0.1, -0.05) is 6.08 Å². The Morgan fingerprint density at radius 2 is 2.00 bits per heavy atom. The molecule has 1 aliphatic carbocycles. The molecule has 0 aromatic rings. The van der Waals surface area contributed by atoms with Crippen LogP contribution in [0.25, 0.3) is 0 Å². The molecule has 1 aliphatic heterocycles. The summed E-state index contributed by atoms with van der Waals surface area (Å²) in [6.07, 6.45) is 2.80. The molecule has 2 aliphatic rings. The number of nitrogens with one attached hydrogen (secondary N) is 1. The van der Waals surface area contributed by atoms with E-state index in [1.54, 1.807) is 4.72 Å². The van der Waals surface area contributed by atoms with Crippen LogP contribution in [0.5, 0.6) is 0 Å². The Morgan fingerprint density at radius 3 is 2.62 bits per heavy atom. The smallest absolute Gasteiger partial charge is 0.270 e. The summed E-state index contributed by atoms with van der Waals surface area (Å²) in [6.45, 7) is 0. The minimum Gasteiger partial charge on any atom is -0.294 e. The number of amides is 1. The molecule has 6 heteroatoms. The van der Waals surface area contributed by atoms with Crippen molar-refractivity contribution < 1.29 is 18.0 Å². The van der Waals surface area contributed by atoms with Gasteiger partial charge >= 0.3 is 0 Å². The molecule has 68 valence electrons. The molecule has 1 N–H and O–H groups in total. The predicted octanol–water partition coefficient (Wildman–Crippen LogP) is -0.771. The minimum absolute atomic E-state index is 0.0851. The van der Waals surface area contributed by atoms with Gasteiger partial charge in [-0.05, 0) is 6.08 Å². The van der Waals surface area contributed by atoms with Gasteiger partial charge in [-0.25, -0.2) is 13.1 Å². The molecular formula is C7H5NO4S. The maximum absolute atomic E-state index is 11.2. The fourth-order valence-electron chi connectivity index (χ4n) is 1.29. The lowest BCUT2D eigenvalue weighted by atomic mass is 10.0. The molecule has 0 saturated heterocycles. The largest absolute Gasteiger partial charge is 0.294 e. The molecule has 0 spiro atoms. The van der Waals surface area contributed by atoms with Crippen LogP contribution in [0.3, 0.4) is 0 Å². The van der Waals surface area contributed by atoms with Crippen molar-refractivity contribution in [1.29, 1.82) is 0 Å². The summed E-state index contributed by atoms with van der Waals surface area (Å²) < 4.78 is 24.1. The quantitative estimate of drug-likeness (QED) is 0.519. The number of rotatable bonds is 0. The van der Waals surface area contributed by atoms with Gasteiger partial charge in [0.25, 0.3) is 15.9 Å². The fraction of sp³-hybridized carbons (Fsp3) is 0.143. The van der Waals surface area contributed by atoms with Crippen molar-refractivity contribution in [2.24, 2.45) is 0 Å². The van der Waals surface area contributed by atoms with Gasteiger partial charge in [0.15, 0.2) is 5.78 Å². The zero-order chi connectivity index (χ0) is 9.64. The SMILES string of the molecule is O=C1CC=CC2=C1C(=O)NS2(=O)=O. The van der Waals surface area contributed by atoms with Crippen molar-refractivity contribution in [1.82, 2.24) is 4.72 Å². The van der Waals surface area contributed by atoms with Crippen molar-refractivity contribution >= 4 is 21.7 Å². The first kappa shape index (κ1) is 8.18. The average Bonchev–Trinajstić information content (AvgIpc) is 2.24. The summed E-state index contributed by atoms with van der Waals surface area (Å²) in [6, 6.07) is 0. The van der Waals surface area contributed by atoms with Crippen LogP contribution in [0.1, 0.15) is 6.42 Å². The first-order valence-electron chi connectivity index (χ1n) is 3.53. The van der Waals surface area contributed by atoms with Crippen molar-refractivity contribution in [2.75, 3.05) is 0 Å². The van der Waals surface area contributed by atoms with E-state index in [-0.39, 0.29) is 16.9 Å². The van der Waals surface area contributed by atoms with Crippen LogP contribution in [0, 0.1) is 0 Å². The lowest BCUT2D eigenvalue weighted by Crippen LogP contribution is -2.24. The maximum atomic E-state index is 11.2. The second-order valence-corrected chi connectivity index (χ2v) is 4.35.